The van der Waals surface area contributed by atoms with Gasteiger partial charge in [0, 0.05) is 41.8 Å². The molecular formula is C29H36ClN3O2. The number of rotatable bonds is 8. The first-order valence-electron chi connectivity index (χ1n) is 12.9. The van der Waals surface area contributed by atoms with Crippen molar-refractivity contribution in [3.05, 3.63) is 64.9 Å². The van der Waals surface area contributed by atoms with Crippen molar-refractivity contribution in [2.45, 2.75) is 63.8 Å². The standard InChI is InChI=1S/C29H36ClN3O2/c1-28(2,22-3-5-23(30)6-4-22)27(35)33-17-24(31)26-20-11-19-12-21(26)16-29(14-19,15-20)25(34)13-18-7-9-32-10-8-18/h3-10,19-21,24,26H,11-17,31H2,1-2H3,(H,33,35)/t19?,20?,21?,24-,26?,29?/m1/s1. The van der Waals surface area contributed by atoms with E-state index in [1.54, 1.807) is 12.4 Å². The van der Waals surface area contributed by atoms with Crippen LogP contribution < -0.4 is 11.1 Å². The van der Waals surface area contributed by atoms with Crippen molar-refractivity contribution in [2.24, 2.45) is 34.8 Å². The molecule has 4 aliphatic rings. The molecule has 0 saturated heterocycles. The molecule has 4 fully saturated rings. The number of nitrogens with one attached hydrogen (secondary N) is 1. The molecule has 186 valence electrons. The van der Waals surface area contributed by atoms with Crippen molar-refractivity contribution in [1.82, 2.24) is 10.3 Å². The Kier molecular flexibility index (Phi) is 6.52. The van der Waals surface area contributed by atoms with Crippen LogP contribution in [0.4, 0.5) is 0 Å². The number of nitrogens with zero attached hydrogens (tertiary/aromatic N) is 1. The fraction of sp³-hybridized carbons (Fsp3) is 0.552. The van der Waals surface area contributed by atoms with Gasteiger partial charge in [-0.2, -0.15) is 0 Å². The SMILES string of the molecule is CC(C)(C(=O)NC[C@@H](N)C1C2CC3CC1CC(C(=O)Cc1ccncc1)(C3)C2)c1ccc(Cl)cc1. The third kappa shape index (κ3) is 4.65. The molecule has 0 radical (unpaired) electrons. The minimum absolute atomic E-state index is 0.0249. The summed E-state index contributed by atoms with van der Waals surface area (Å²) < 4.78 is 0. The molecule has 5 nitrogen and oxygen atoms in total. The van der Waals surface area contributed by atoms with E-state index < -0.39 is 5.41 Å². The Morgan fingerprint density at radius 3 is 2.34 bits per heavy atom. The van der Waals surface area contributed by atoms with Gasteiger partial charge in [0.05, 0.1) is 5.41 Å². The van der Waals surface area contributed by atoms with Crippen LogP contribution in [0.5, 0.6) is 0 Å². The van der Waals surface area contributed by atoms with E-state index in [-0.39, 0.29) is 17.4 Å². The molecule has 4 bridgehead atoms. The lowest BCUT2D eigenvalue weighted by molar-refractivity contribution is -0.151. The zero-order valence-electron chi connectivity index (χ0n) is 20.7. The number of amides is 1. The maximum absolute atomic E-state index is 13.5. The summed E-state index contributed by atoms with van der Waals surface area (Å²) in [6.45, 7) is 4.33. The molecular weight excluding hydrogens is 458 g/mol. The second-order valence-corrected chi connectivity index (χ2v) is 12.2. The van der Waals surface area contributed by atoms with Gasteiger partial charge in [-0.3, -0.25) is 14.6 Å². The maximum Gasteiger partial charge on any atom is 0.230 e. The molecule has 3 N–H and O–H groups in total. The van der Waals surface area contributed by atoms with Gasteiger partial charge in [0.25, 0.3) is 0 Å². The Balaban J connectivity index is 1.23. The molecule has 2 unspecified atom stereocenters. The molecule has 35 heavy (non-hydrogen) atoms. The summed E-state index contributed by atoms with van der Waals surface area (Å²) in [4.78, 5) is 30.7. The molecule has 0 spiro atoms. The van der Waals surface area contributed by atoms with Crippen LogP contribution in [-0.4, -0.2) is 29.3 Å². The lowest BCUT2D eigenvalue weighted by atomic mass is 9.44. The predicted molar refractivity (Wildman–Crippen MR) is 138 cm³/mol. The van der Waals surface area contributed by atoms with Crippen LogP contribution >= 0.6 is 11.6 Å². The molecule has 1 aromatic carbocycles. The minimum atomic E-state index is -0.669. The monoisotopic (exact) mass is 493 g/mol. The number of nitrogens with two attached hydrogens (primary N) is 1. The summed E-state index contributed by atoms with van der Waals surface area (Å²) in [5.41, 5.74) is 7.90. The number of Topliss-reactive ketones (excluding diaryl/α,β-unsaturated/α-hetero) is 1. The van der Waals surface area contributed by atoms with Crippen LogP contribution in [0.25, 0.3) is 0 Å². The predicted octanol–water partition coefficient (Wildman–Crippen LogP) is 4.71. The Morgan fingerprint density at radius 2 is 1.71 bits per heavy atom. The van der Waals surface area contributed by atoms with Gasteiger partial charge in [-0.25, -0.2) is 0 Å². The highest BCUT2D eigenvalue weighted by molar-refractivity contribution is 6.30. The average molecular weight is 494 g/mol. The van der Waals surface area contributed by atoms with E-state index in [1.165, 1.54) is 12.8 Å². The third-order valence-electron chi connectivity index (χ3n) is 9.18. The molecule has 6 rings (SSSR count). The number of halogens is 1. The molecule has 1 heterocycles. The number of ketones is 1. The fourth-order valence-electron chi connectivity index (χ4n) is 7.54. The van der Waals surface area contributed by atoms with Crippen molar-refractivity contribution < 1.29 is 9.59 Å². The Morgan fingerprint density at radius 1 is 1.09 bits per heavy atom. The van der Waals surface area contributed by atoms with E-state index in [2.05, 4.69) is 10.3 Å². The van der Waals surface area contributed by atoms with E-state index >= 15 is 0 Å². The van der Waals surface area contributed by atoms with Crippen molar-refractivity contribution in [1.29, 1.82) is 0 Å². The van der Waals surface area contributed by atoms with Crippen molar-refractivity contribution in [3.8, 4) is 0 Å². The number of aromatic nitrogens is 1. The topological polar surface area (TPSA) is 85.1 Å². The van der Waals surface area contributed by atoms with Crippen molar-refractivity contribution >= 4 is 23.3 Å². The highest BCUT2D eigenvalue weighted by Gasteiger charge is 2.58. The summed E-state index contributed by atoms with van der Waals surface area (Å²) >= 11 is 6.02. The molecule has 3 atom stereocenters. The number of hydrogen-bond acceptors (Lipinski definition) is 4. The lowest BCUT2D eigenvalue weighted by Crippen LogP contribution is -2.60. The van der Waals surface area contributed by atoms with Gasteiger partial charge in [0.2, 0.25) is 5.91 Å². The number of benzene rings is 1. The zero-order valence-corrected chi connectivity index (χ0v) is 21.4. The van der Waals surface area contributed by atoms with Gasteiger partial charge < -0.3 is 11.1 Å². The van der Waals surface area contributed by atoms with Crippen LogP contribution in [0.2, 0.25) is 5.02 Å². The van der Waals surface area contributed by atoms with E-state index in [4.69, 9.17) is 17.3 Å². The van der Waals surface area contributed by atoms with Gasteiger partial charge in [0.1, 0.15) is 5.78 Å². The number of pyridine rings is 1. The van der Waals surface area contributed by atoms with Crippen LogP contribution in [0, 0.1) is 29.1 Å². The first kappa shape index (κ1) is 24.5. The first-order valence-corrected chi connectivity index (χ1v) is 13.3. The fourth-order valence-corrected chi connectivity index (χ4v) is 7.67. The van der Waals surface area contributed by atoms with Crippen molar-refractivity contribution in [2.75, 3.05) is 6.54 Å². The van der Waals surface area contributed by atoms with Gasteiger partial charge in [-0.05, 0) is 105 Å². The van der Waals surface area contributed by atoms with Gasteiger partial charge >= 0.3 is 0 Å². The maximum atomic E-state index is 13.5. The van der Waals surface area contributed by atoms with Gasteiger partial charge in [-0.1, -0.05) is 23.7 Å². The second-order valence-electron chi connectivity index (χ2n) is 11.8. The van der Waals surface area contributed by atoms with Crippen LogP contribution in [-0.2, 0) is 21.4 Å². The summed E-state index contributed by atoms with van der Waals surface area (Å²) in [5, 5.41) is 3.80. The van der Waals surface area contributed by atoms with Gasteiger partial charge in [0.15, 0.2) is 0 Å². The summed E-state index contributed by atoms with van der Waals surface area (Å²) in [6, 6.07) is 11.2. The summed E-state index contributed by atoms with van der Waals surface area (Å²) in [6.07, 6.45) is 9.31. The highest BCUT2D eigenvalue weighted by Crippen LogP contribution is 2.63. The molecule has 1 amide bonds. The Bertz CT molecular complexity index is 1070. The average Bonchev–Trinajstić information content (AvgIpc) is 2.82. The van der Waals surface area contributed by atoms with E-state index in [0.29, 0.717) is 47.4 Å². The minimum Gasteiger partial charge on any atom is -0.354 e. The van der Waals surface area contributed by atoms with E-state index in [9.17, 15) is 9.59 Å². The summed E-state index contributed by atoms with van der Waals surface area (Å²) in [5.74, 6) is 2.32. The van der Waals surface area contributed by atoms with E-state index in [1.807, 2.05) is 50.2 Å². The van der Waals surface area contributed by atoms with Gasteiger partial charge in [-0.15, -0.1) is 0 Å². The molecule has 4 aliphatic carbocycles. The molecule has 0 aliphatic heterocycles. The zero-order chi connectivity index (χ0) is 24.8. The smallest absolute Gasteiger partial charge is 0.230 e. The van der Waals surface area contributed by atoms with Crippen molar-refractivity contribution in [3.63, 3.8) is 0 Å². The lowest BCUT2D eigenvalue weighted by Gasteiger charge is -2.60. The third-order valence-corrected chi connectivity index (χ3v) is 9.43. The normalized spacial score (nSPS) is 30.2. The largest absolute Gasteiger partial charge is 0.354 e. The first-order chi connectivity index (χ1) is 16.7. The van der Waals surface area contributed by atoms with Crippen LogP contribution in [0.15, 0.2) is 48.8 Å². The number of carbonyl (C=O) groups excluding carboxylic acids is 2. The quantitative estimate of drug-likeness (QED) is 0.557. The second kappa shape index (κ2) is 9.33. The van der Waals surface area contributed by atoms with Crippen LogP contribution in [0.1, 0.15) is 57.1 Å². The molecule has 1 aromatic heterocycles. The number of carbonyl (C=O) groups is 2. The number of hydrogen-bond donors (Lipinski definition) is 2. The summed E-state index contributed by atoms with van der Waals surface area (Å²) in [7, 11) is 0. The Labute approximate surface area is 213 Å². The molecule has 2 aromatic rings. The molecule has 4 saturated carbocycles. The highest BCUT2D eigenvalue weighted by atomic mass is 35.5. The Hall–Kier alpha value is -2.24. The molecule has 6 heteroatoms. The van der Waals surface area contributed by atoms with E-state index in [0.717, 1.165) is 30.4 Å². The van der Waals surface area contributed by atoms with Crippen LogP contribution in [0.3, 0.4) is 0 Å².